The fourth-order valence-corrected chi connectivity index (χ4v) is 5.28. The van der Waals surface area contributed by atoms with Crippen molar-refractivity contribution in [3.8, 4) is 11.1 Å². The van der Waals surface area contributed by atoms with E-state index in [1.54, 1.807) is 24.3 Å². The van der Waals surface area contributed by atoms with Crippen LogP contribution in [0.2, 0.25) is 5.02 Å². The summed E-state index contributed by atoms with van der Waals surface area (Å²) in [6, 6.07) is 18.9. The number of aryl methyl sites for hydroxylation is 2. The van der Waals surface area contributed by atoms with Crippen molar-refractivity contribution < 1.29 is 8.78 Å². The van der Waals surface area contributed by atoms with E-state index in [0.29, 0.717) is 22.4 Å². The van der Waals surface area contributed by atoms with Crippen LogP contribution in [0, 0.1) is 17.6 Å². The summed E-state index contributed by atoms with van der Waals surface area (Å²) in [5.41, 5.74) is 4.19. The molecule has 1 saturated carbocycles. The van der Waals surface area contributed by atoms with Crippen molar-refractivity contribution in [1.82, 2.24) is 0 Å². The highest BCUT2D eigenvalue weighted by Crippen LogP contribution is 2.38. The highest BCUT2D eigenvalue weighted by Gasteiger charge is 2.22. The van der Waals surface area contributed by atoms with Gasteiger partial charge in [-0.2, -0.15) is 0 Å². The summed E-state index contributed by atoms with van der Waals surface area (Å²) in [6.07, 6.45) is 10.2. The van der Waals surface area contributed by atoms with E-state index in [-0.39, 0.29) is 5.56 Å². The van der Waals surface area contributed by atoms with Crippen LogP contribution in [0.15, 0.2) is 60.7 Å². The molecule has 3 aromatic rings. The molecule has 0 N–H and O–H groups in total. The third-order valence-electron chi connectivity index (χ3n) is 7.19. The number of halogens is 3. The molecule has 3 heteroatoms. The summed E-state index contributed by atoms with van der Waals surface area (Å²) in [6.45, 7) is 2.23. The van der Waals surface area contributed by atoms with Crippen LogP contribution in [0.1, 0.15) is 74.5 Å². The minimum Gasteiger partial charge on any atom is -0.206 e. The predicted octanol–water partition coefficient (Wildman–Crippen LogP) is 9.53. The van der Waals surface area contributed by atoms with Crippen molar-refractivity contribution in [3.05, 3.63) is 94.0 Å². The van der Waals surface area contributed by atoms with E-state index in [9.17, 15) is 8.78 Å². The van der Waals surface area contributed by atoms with Crippen LogP contribution in [-0.2, 0) is 12.8 Å². The molecule has 0 heterocycles. The van der Waals surface area contributed by atoms with E-state index in [4.69, 9.17) is 11.6 Å². The van der Waals surface area contributed by atoms with Gasteiger partial charge in [0.15, 0.2) is 0 Å². The fraction of sp³-hybridized carbons (Fsp3) is 0.400. The van der Waals surface area contributed by atoms with E-state index >= 15 is 0 Å². The summed E-state index contributed by atoms with van der Waals surface area (Å²) in [7, 11) is 0. The molecule has 0 aromatic heterocycles. The van der Waals surface area contributed by atoms with Gasteiger partial charge in [-0.3, -0.25) is 0 Å². The molecule has 0 bridgehead atoms. The summed E-state index contributed by atoms with van der Waals surface area (Å²) >= 11 is 5.90. The molecule has 33 heavy (non-hydrogen) atoms. The van der Waals surface area contributed by atoms with Gasteiger partial charge in [-0.05, 0) is 110 Å². The second-order valence-corrected chi connectivity index (χ2v) is 9.98. The topological polar surface area (TPSA) is 0 Å². The minimum atomic E-state index is -0.501. The normalized spacial score (nSPS) is 18.4. The molecule has 0 nitrogen and oxygen atoms in total. The molecule has 0 spiro atoms. The van der Waals surface area contributed by atoms with Gasteiger partial charge in [0.25, 0.3) is 0 Å². The molecule has 1 aliphatic rings. The van der Waals surface area contributed by atoms with Gasteiger partial charge in [0.1, 0.15) is 11.6 Å². The minimum absolute atomic E-state index is 0.0247. The first-order chi connectivity index (χ1) is 16.0. The number of hydrogen-bond donors (Lipinski definition) is 0. The Morgan fingerprint density at radius 3 is 2.03 bits per heavy atom. The van der Waals surface area contributed by atoms with Crippen molar-refractivity contribution >= 4 is 11.6 Å². The second-order valence-electron chi connectivity index (χ2n) is 9.54. The predicted molar refractivity (Wildman–Crippen MR) is 135 cm³/mol. The summed E-state index contributed by atoms with van der Waals surface area (Å²) in [5.74, 6) is 0.277. The molecule has 0 amide bonds. The largest absolute Gasteiger partial charge is 0.206 e. The zero-order valence-electron chi connectivity index (χ0n) is 19.4. The van der Waals surface area contributed by atoms with E-state index in [1.165, 1.54) is 68.2 Å². The number of rotatable bonds is 8. The van der Waals surface area contributed by atoms with Crippen LogP contribution in [-0.4, -0.2) is 0 Å². The summed E-state index contributed by atoms with van der Waals surface area (Å²) in [4.78, 5) is 0. The Kier molecular flexibility index (Phi) is 8.20. The number of unbranched alkanes of at least 4 members (excludes halogenated alkanes) is 1. The second kappa shape index (κ2) is 11.3. The quantitative estimate of drug-likeness (QED) is 0.310. The standard InChI is InChI=1S/C30H33ClF2/c1-2-3-4-21-7-11-24(12-8-21)25-13-9-22(10-14-25)5-6-23-19-28(32)30(29(33)20-23)26-15-17-27(31)18-16-26/h7-8,11-12,15-20,22,25H,2-6,9-10,13-14H2,1H3/t22-,25-. The lowest BCUT2D eigenvalue weighted by atomic mass is 9.76. The maximum Gasteiger partial charge on any atom is 0.134 e. The lowest BCUT2D eigenvalue weighted by Gasteiger charge is -2.29. The van der Waals surface area contributed by atoms with Gasteiger partial charge in [-0.25, -0.2) is 8.78 Å². The average molecular weight is 467 g/mol. The van der Waals surface area contributed by atoms with E-state index in [0.717, 1.165) is 18.4 Å². The lowest BCUT2D eigenvalue weighted by Crippen LogP contribution is -2.14. The van der Waals surface area contributed by atoms with Crippen LogP contribution in [0.3, 0.4) is 0 Å². The maximum atomic E-state index is 14.7. The van der Waals surface area contributed by atoms with Gasteiger partial charge in [0.05, 0.1) is 5.56 Å². The maximum absolute atomic E-state index is 14.7. The van der Waals surface area contributed by atoms with E-state index in [1.807, 2.05) is 0 Å². The Hall–Kier alpha value is -2.19. The van der Waals surface area contributed by atoms with Gasteiger partial charge >= 0.3 is 0 Å². The van der Waals surface area contributed by atoms with Gasteiger partial charge in [0.2, 0.25) is 0 Å². The molecule has 3 aromatic carbocycles. The highest BCUT2D eigenvalue weighted by molar-refractivity contribution is 6.30. The lowest BCUT2D eigenvalue weighted by molar-refractivity contribution is 0.310. The van der Waals surface area contributed by atoms with E-state index in [2.05, 4.69) is 31.2 Å². The van der Waals surface area contributed by atoms with Crippen LogP contribution in [0.5, 0.6) is 0 Å². The van der Waals surface area contributed by atoms with Crippen LogP contribution in [0.25, 0.3) is 11.1 Å². The monoisotopic (exact) mass is 466 g/mol. The average Bonchev–Trinajstić information content (AvgIpc) is 2.83. The van der Waals surface area contributed by atoms with Crippen molar-refractivity contribution in [2.75, 3.05) is 0 Å². The zero-order chi connectivity index (χ0) is 23.2. The SMILES string of the molecule is CCCCc1ccc([C@H]2CC[C@H](CCc3cc(F)c(-c4ccc(Cl)cc4)c(F)c3)CC2)cc1. The number of benzene rings is 3. The zero-order valence-corrected chi connectivity index (χ0v) is 20.2. The van der Waals surface area contributed by atoms with Crippen LogP contribution < -0.4 is 0 Å². The molecule has 0 atom stereocenters. The van der Waals surface area contributed by atoms with Gasteiger partial charge in [0, 0.05) is 5.02 Å². The third kappa shape index (κ3) is 6.23. The van der Waals surface area contributed by atoms with Gasteiger partial charge in [-0.1, -0.05) is 61.3 Å². The molecule has 0 saturated heterocycles. The Labute approximate surface area is 202 Å². The molecular formula is C30H33ClF2. The molecular weight excluding hydrogens is 434 g/mol. The van der Waals surface area contributed by atoms with Crippen LogP contribution in [0.4, 0.5) is 8.78 Å². The Morgan fingerprint density at radius 1 is 0.788 bits per heavy atom. The smallest absolute Gasteiger partial charge is 0.134 e. The van der Waals surface area contributed by atoms with Crippen LogP contribution >= 0.6 is 11.6 Å². The van der Waals surface area contributed by atoms with Crippen molar-refractivity contribution in [2.24, 2.45) is 5.92 Å². The Morgan fingerprint density at radius 2 is 1.42 bits per heavy atom. The molecule has 174 valence electrons. The first kappa shape index (κ1) is 24.0. The fourth-order valence-electron chi connectivity index (χ4n) is 5.15. The van der Waals surface area contributed by atoms with Gasteiger partial charge in [-0.15, -0.1) is 0 Å². The first-order valence-electron chi connectivity index (χ1n) is 12.4. The molecule has 0 radical (unpaired) electrons. The third-order valence-corrected chi connectivity index (χ3v) is 7.44. The highest BCUT2D eigenvalue weighted by atomic mass is 35.5. The Balaban J connectivity index is 1.30. The molecule has 4 rings (SSSR count). The summed E-state index contributed by atoms with van der Waals surface area (Å²) < 4.78 is 29.5. The molecule has 0 aliphatic heterocycles. The molecule has 1 aliphatic carbocycles. The molecule has 1 fully saturated rings. The van der Waals surface area contributed by atoms with Crippen molar-refractivity contribution in [1.29, 1.82) is 0 Å². The Bertz CT molecular complexity index is 1010. The number of hydrogen-bond acceptors (Lipinski definition) is 0. The molecule has 0 unspecified atom stereocenters. The first-order valence-corrected chi connectivity index (χ1v) is 12.7. The van der Waals surface area contributed by atoms with Crippen molar-refractivity contribution in [2.45, 2.75) is 70.6 Å². The van der Waals surface area contributed by atoms with Gasteiger partial charge < -0.3 is 0 Å². The summed E-state index contributed by atoms with van der Waals surface area (Å²) in [5, 5.41) is 0.551. The van der Waals surface area contributed by atoms with Crippen molar-refractivity contribution in [3.63, 3.8) is 0 Å². The van der Waals surface area contributed by atoms with E-state index < -0.39 is 11.6 Å².